The minimum absolute atomic E-state index is 0.0515. The maximum absolute atomic E-state index is 5.91. The Balaban J connectivity index is 2.16. The Hall–Kier alpha value is -0.840. The van der Waals surface area contributed by atoms with Crippen LogP contribution in [0.25, 0.3) is 0 Å². The Morgan fingerprint density at radius 1 is 1.39 bits per heavy atom. The largest absolute Gasteiger partial charge is 0.370 e. The lowest BCUT2D eigenvalue weighted by Gasteiger charge is -2.20. The van der Waals surface area contributed by atoms with Gasteiger partial charge >= 0.3 is 0 Å². The summed E-state index contributed by atoms with van der Waals surface area (Å²) in [6.07, 6.45) is 0. The molecule has 0 bridgehead atoms. The molecule has 0 fully saturated rings. The quantitative estimate of drug-likeness (QED) is 0.914. The summed E-state index contributed by atoms with van der Waals surface area (Å²) >= 11 is 5.32. The molecule has 1 unspecified atom stereocenters. The van der Waals surface area contributed by atoms with Crippen LogP contribution in [0.3, 0.4) is 0 Å². The summed E-state index contributed by atoms with van der Waals surface area (Å²) in [4.78, 5) is 2.23. The normalized spacial score (nSPS) is 12.4. The highest BCUT2D eigenvalue weighted by Gasteiger charge is 2.08. The molecule has 4 heteroatoms. The second kappa shape index (κ2) is 5.87. The van der Waals surface area contributed by atoms with Gasteiger partial charge in [-0.15, -0.1) is 0 Å². The fourth-order valence-electron chi connectivity index (χ4n) is 1.87. The molecule has 0 spiro atoms. The van der Waals surface area contributed by atoms with Gasteiger partial charge in [-0.2, -0.15) is 11.3 Å². The topological polar surface area (TPSA) is 29.3 Å². The van der Waals surface area contributed by atoms with Crippen molar-refractivity contribution in [2.24, 2.45) is 5.73 Å². The Morgan fingerprint density at radius 2 is 2.17 bits per heavy atom. The molecule has 2 N–H and O–H groups in total. The molecular weight excluding hydrogens is 308 g/mol. The second-order valence-corrected chi connectivity index (χ2v) is 6.12. The molecule has 0 amide bonds. The Kier molecular flexibility index (Phi) is 4.43. The smallest absolute Gasteiger partial charge is 0.0434 e. The number of anilines is 1. The number of nitrogens with two attached hydrogens (primary N) is 1. The molecule has 1 aromatic heterocycles. The lowest BCUT2D eigenvalue weighted by Crippen LogP contribution is -2.16. The van der Waals surface area contributed by atoms with Gasteiger partial charge in [-0.3, -0.25) is 0 Å². The van der Waals surface area contributed by atoms with Crippen molar-refractivity contribution < 1.29 is 0 Å². The molecular formula is C14H17BrN2S. The molecule has 1 aromatic carbocycles. The van der Waals surface area contributed by atoms with E-state index in [0.29, 0.717) is 0 Å². The molecule has 0 aliphatic rings. The van der Waals surface area contributed by atoms with Gasteiger partial charge in [0, 0.05) is 29.8 Å². The van der Waals surface area contributed by atoms with E-state index in [1.165, 1.54) is 11.3 Å². The zero-order chi connectivity index (χ0) is 13.1. The first-order chi connectivity index (χ1) is 8.58. The van der Waals surface area contributed by atoms with Gasteiger partial charge < -0.3 is 10.6 Å². The zero-order valence-corrected chi connectivity index (χ0v) is 13.0. The lowest BCUT2D eigenvalue weighted by atomic mass is 10.1. The number of benzene rings is 1. The molecule has 0 saturated heterocycles. The molecule has 0 aliphatic heterocycles. The molecule has 1 atom stereocenters. The van der Waals surface area contributed by atoms with Crippen molar-refractivity contribution >= 4 is 33.0 Å². The van der Waals surface area contributed by atoms with Gasteiger partial charge in [0.05, 0.1) is 0 Å². The zero-order valence-electron chi connectivity index (χ0n) is 10.6. The number of thiophene rings is 1. The minimum Gasteiger partial charge on any atom is -0.370 e. The molecule has 0 saturated carbocycles. The van der Waals surface area contributed by atoms with E-state index in [1.54, 1.807) is 11.3 Å². The van der Waals surface area contributed by atoms with E-state index in [1.807, 2.05) is 6.92 Å². The minimum atomic E-state index is 0.0515. The van der Waals surface area contributed by atoms with E-state index < -0.39 is 0 Å². The Labute approximate surface area is 121 Å². The van der Waals surface area contributed by atoms with Crippen LogP contribution in [0.2, 0.25) is 0 Å². The van der Waals surface area contributed by atoms with Crippen molar-refractivity contribution in [2.75, 3.05) is 11.9 Å². The summed E-state index contributed by atoms with van der Waals surface area (Å²) in [5.41, 5.74) is 9.58. The summed E-state index contributed by atoms with van der Waals surface area (Å²) in [7, 11) is 2.10. The van der Waals surface area contributed by atoms with Crippen molar-refractivity contribution in [3.63, 3.8) is 0 Å². The summed E-state index contributed by atoms with van der Waals surface area (Å²) < 4.78 is 1.08. The average Bonchev–Trinajstić information content (AvgIpc) is 2.81. The van der Waals surface area contributed by atoms with Crippen LogP contribution in [0.5, 0.6) is 0 Å². The predicted octanol–water partition coefficient (Wildman–Crippen LogP) is 4.17. The van der Waals surface area contributed by atoms with E-state index >= 15 is 0 Å². The highest BCUT2D eigenvalue weighted by molar-refractivity contribution is 9.10. The Bertz CT molecular complexity index is 509. The number of hydrogen-bond donors (Lipinski definition) is 1. The number of hydrogen-bond acceptors (Lipinski definition) is 3. The van der Waals surface area contributed by atoms with Gasteiger partial charge in [0.1, 0.15) is 0 Å². The number of rotatable bonds is 4. The molecule has 2 rings (SSSR count). The van der Waals surface area contributed by atoms with E-state index in [4.69, 9.17) is 5.73 Å². The summed E-state index contributed by atoms with van der Waals surface area (Å²) in [5, 5.41) is 4.29. The van der Waals surface area contributed by atoms with Gasteiger partial charge in [-0.1, -0.05) is 22.0 Å². The predicted molar refractivity (Wildman–Crippen MR) is 83.2 cm³/mol. The Morgan fingerprint density at radius 3 is 2.72 bits per heavy atom. The molecule has 96 valence electrons. The van der Waals surface area contributed by atoms with Gasteiger partial charge in [0.2, 0.25) is 0 Å². The number of nitrogens with zero attached hydrogens (tertiary/aromatic N) is 1. The maximum atomic E-state index is 5.91. The molecule has 0 radical (unpaired) electrons. The standard InChI is InChI=1S/C14H17BrN2S/c1-10(16)13-4-3-12(7-14(13)15)17(2)8-11-5-6-18-9-11/h3-7,9-10H,8,16H2,1-2H3. The third-order valence-electron chi connectivity index (χ3n) is 2.92. The molecule has 0 aliphatic carbocycles. The van der Waals surface area contributed by atoms with Crippen molar-refractivity contribution in [3.05, 3.63) is 50.6 Å². The van der Waals surface area contributed by atoms with Crippen LogP contribution in [0.4, 0.5) is 5.69 Å². The third kappa shape index (κ3) is 3.13. The SMILES string of the molecule is CC(N)c1ccc(N(C)Cc2ccsc2)cc1Br. The maximum Gasteiger partial charge on any atom is 0.0434 e. The van der Waals surface area contributed by atoms with Crippen LogP contribution < -0.4 is 10.6 Å². The molecule has 2 nitrogen and oxygen atoms in total. The first kappa shape index (κ1) is 13.6. The van der Waals surface area contributed by atoms with Crippen LogP contribution in [0, 0.1) is 0 Å². The van der Waals surface area contributed by atoms with Crippen LogP contribution in [-0.4, -0.2) is 7.05 Å². The van der Waals surface area contributed by atoms with Gasteiger partial charge in [0.15, 0.2) is 0 Å². The number of halogens is 1. The van der Waals surface area contributed by atoms with Crippen LogP contribution in [0.15, 0.2) is 39.5 Å². The summed E-state index contributed by atoms with van der Waals surface area (Å²) in [6, 6.07) is 8.55. The molecule has 18 heavy (non-hydrogen) atoms. The van der Waals surface area contributed by atoms with Gasteiger partial charge in [-0.05, 0) is 47.0 Å². The molecule has 2 aromatic rings. The van der Waals surface area contributed by atoms with Gasteiger partial charge in [0.25, 0.3) is 0 Å². The lowest BCUT2D eigenvalue weighted by molar-refractivity contribution is 0.812. The van der Waals surface area contributed by atoms with Crippen LogP contribution in [-0.2, 0) is 6.54 Å². The fourth-order valence-corrected chi connectivity index (χ4v) is 3.26. The van der Waals surface area contributed by atoms with Crippen LogP contribution >= 0.6 is 27.3 Å². The van der Waals surface area contributed by atoms with E-state index in [9.17, 15) is 0 Å². The van der Waals surface area contributed by atoms with Crippen molar-refractivity contribution in [1.82, 2.24) is 0 Å². The van der Waals surface area contributed by atoms with E-state index in [2.05, 4.69) is 62.9 Å². The van der Waals surface area contributed by atoms with E-state index in [-0.39, 0.29) is 6.04 Å². The highest BCUT2D eigenvalue weighted by Crippen LogP contribution is 2.27. The summed E-state index contributed by atoms with van der Waals surface area (Å²) in [6.45, 7) is 2.92. The third-order valence-corrected chi connectivity index (χ3v) is 4.33. The second-order valence-electron chi connectivity index (χ2n) is 4.48. The average molecular weight is 325 g/mol. The highest BCUT2D eigenvalue weighted by atomic mass is 79.9. The first-order valence-corrected chi connectivity index (χ1v) is 7.58. The fraction of sp³-hybridized carbons (Fsp3) is 0.286. The summed E-state index contributed by atoms with van der Waals surface area (Å²) in [5.74, 6) is 0. The van der Waals surface area contributed by atoms with Crippen molar-refractivity contribution in [2.45, 2.75) is 19.5 Å². The molecule has 1 heterocycles. The van der Waals surface area contributed by atoms with Crippen molar-refractivity contribution in [3.8, 4) is 0 Å². The monoisotopic (exact) mass is 324 g/mol. The van der Waals surface area contributed by atoms with Crippen molar-refractivity contribution in [1.29, 1.82) is 0 Å². The van der Waals surface area contributed by atoms with Crippen LogP contribution in [0.1, 0.15) is 24.1 Å². The first-order valence-electron chi connectivity index (χ1n) is 5.85. The van der Waals surface area contributed by atoms with E-state index in [0.717, 1.165) is 16.6 Å². The van der Waals surface area contributed by atoms with Gasteiger partial charge in [-0.25, -0.2) is 0 Å².